The number of benzene rings is 1. The lowest BCUT2D eigenvalue weighted by atomic mass is 10.2. The van der Waals surface area contributed by atoms with E-state index in [2.05, 4.69) is 0 Å². The van der Waals surface area contributed by atoms with Crippen molar-refractivity contribution in [2.24, 2.45) is 0 Å². The Hall–Kier alpha value is -2.23. The number of ether oxygens (including phenoxy) is 3. The maximum Gasteiger partial charge on any atom is 0.344 e. The van der Waals surface area contributed by atoms with Gasteiger partial charge in [0.25, 0.3) is 11.1 Å². The first-order valence-electron chi connectivity index (χ1n) is 8.84. The molecule has 0 atom stereocenters. The first kappa shape index (κ1) is 24.0. The van der Waals surface area contributed by atoms with Crippen LogP contribution in [0.1, 0.15) is 26.3 Å². The monoisotopic (exact) mass is 475 g/mol. The number of amides is 2. The summed E-state index contributed by atoms with van der Waals surface area (Å²) in [5.74, 6) is -1.78. The van der Waals surface area contributed by atoms with E-state index in [4.69, 9.17) is 37.4 Å². The van der Waals surface area contributed by atoms with Gasteiger partial charge >= 0.3 is 11.9 Å². The van der Waals surface area contributed by atoms with Gasteiger partial charge in [-0.2, -0.15) is 0 Å². The molecule has 1 aliphatic heterocycles. The van der Waals surface area contributed by atoms with Crippen LogP contribution in [-0.2, 0) is 23.9 Å². The second-order valence-corrected chi connectivity index (χ2v) is 8.02. The third-order valence-electron chi connectivity index (χ3n) is 3.49. The van der Waals surface area contributed by atoms with E-state index in [0.717, 1.165) is 4.90 Å². The number of nitrogens with zero attached hydrogens (tertiary/aromatic N) is 1. The van der Waals surface area contributed by atoms with Crippen LogP contribution in [-0.4, -0.2) is 53.8 Å². The second-order valence-electron chi connectivity index (χ2n) is 6.21. The Morgan fingerprint density at radius 3 is 2.37 bits per heavy atom. The van der Waals surface area contributed by atoms with Crippen LogP contribution in [0.15, 0.2) is 17.0 Å². The number of carbonyl (C=O) groups excluding carboxylic acids is 4. The predicted octanol–water partition coefficient (Wildman–Crippen LogP) is 3.92. The third-order valence-corrected chi connectivity index (χ3v) is 4.95. The zero-order valence-corrected chi connectivity index (χ0v) is 18.7. The molecule has 1 aromatic rings. The van der Waals surface area contributed by atoms with Gasteiger partial charge in [0.1, 0.15) is 6.54 Å². The Morgan fingerprint density at radius 1 is 1.17 bits per heavy atom. The number of imide groups is 1. The van der Waals surface area contributed by atoms with E-state index in [0.29, 0.717) is 17.3 Å². The Bertz CT molecular complexity index is 878. The first-order chi connectivity index (χ1) is 14.1. The van der Waals surface area contributed by atoms with E-state index in [1.807, 2.05) is 0 Å². The van der Waals surface area contributed by atoms with Crippen LogP contribution in [0.4, 0.5) is 4.79 Å². The molecule has 0 radical (unpaired) electrons. The molecule has 1 fully saturated rings. The highest BCUT2D eigenvalue weighted by atomic mass is 35.5. The van der Waals surface area contributed by atoms with Gasteiger partial charge in [-0.05, 0) is 56.3 Å². The van der Waals surface area contributed by atoms with Crippen molar-refractivity contribution < 1.29 is 33.4 Å². The molecule has 0 unspecified atom stereocenters. The molecule has 2 rings (SSSR count). The molecule has 1 aliphatic rings. The molecule has 1 aromatic carbocycles. The van der Waals surface area contributed by atoms with Gasteiger partial charge in [-0.3, -0.25) is 19.3 Å². The number of rotatable bonds is 8. The average molecular weight is 476 g/mol. The van der Waals surface area contributed by atoms with Gasteiger partial charge in [-0.25, -0.2) is 4.79 Å². The third kappa shape index (κ3) is 6.38. The molecule has 11 heteroatoms. The lowest BCUT2D eigenvalue weighted by molar-refractivity contribution is -0.149. The summed E-state index contributed by atoms with van der Waals surface area (Å²) in [7, 11) is 0. The minimum Gasteiger partial charge on any atom is -0.479 e. The fourth-order valence-corrected chi connectivity index (χ4v) is 3.80. The van der Waals surface area contributed by atoms with E-state index in [1.54, 1.807) is 20.8 Å². The molecule has 1 heterocycles. The topological polar surface area (TPSA) is 99.2 Å². The molecular formula is C19H19Cl2NO7S. The van der Waals surface area contributed by atoms with Gasteiger partial charge < -0.3 is 14.2 Å². The molecule has 0 aromatic heterocycles. The molecule has 162 valence electrons. The van der Waals surface area contributed by atoms with Crippen molar-refractivity contribution in [3.05, 3.63) is 32.6 Å². The Labute approximate surface area is 187 Å². The van der Waals surface area contributed by atoms with Crippen LogP contribution >= 0.6 is 35.0 Å². The molecule has 0 bridgehead atoms. The van der Waals surface area contributed by atoms with Crippen molar-refractivity contribution in [2.45, 2.75) is 26.9 Å². The fraction of sp³-hybridized carbons (Fsp3) is 0.368. The summed E-state index contributed by atoms with van der Waals surface area (Å²) in [6, 6.07) is 2.93. The van der Waals surface area contributed by atoms with Crippen molar-refractivity contribution in [2.75, 3.05) is 19.8 Å². The van der Waals surface area contributed by atoms with E-state index >= 15 is 0 Å². The van der Waals surface area contributed by atoms with Gasteiger partial charge in [0, 0.05) is 0 Å². The Morgan fingerprint density at radius 2 is 1.80 bits per heavy atom. The van der Waals surface area contributed by atoms with Crippen LogP contribution in [0.25, 0.3) is 6.08 Å². The fourth-order valence-electron chi connectivity index (χ4n) is 2.35. The maximum absolute atomic E-state index is 12.5. The highest BCUT2D eigenvalue weighted by Gasteiger charge is 2.36. The average Bonchev–Trinajstić information content (AvgIpc) is 2.88. The molecule has 0 saturated carbocycles. The quantitative estimate of drug-likeness (QED) is 0.411. The van der Waals surface area contributed by atoms with Crippen molar-refractivity contribution in [3.8, 4) is 5.75 Å². The molecule has 30 heavy (non-hydrogen) atoms. The number of halogens is 2. The summed E-state index contributed by atoms with van der Waals surface area (Å²) in [5.41, 5.74) is 0.434. The summed E-state index contributed by atoms with van der Waals surface area (Å²) in [6.45, 7) is 4.38. The standard InChI is InChI=1S/C19H19Cl2NO7S/c1-4-27-16(24)9-28-17-12(20)5-11(6-13(17)21)7-14-18(25)22(19(26)30-14)8-15(23)29-10(2)3/h5-7,10H,4,8-9H2,1-3H3/b14-7-. The Balaban J connectivity index is 2.14. The zero-order chi connectivity index (χ0) is 22.4. The minimum absolute atomic E-state index is 0.0908. The minimum atomic E-state index is -0.678. The smallest absolute Gasteiger partial charge is 0.344 e. The van der Waals surface area contributed by atoms with Crippen LogP contribution in [0.5, 0.6) is 5.75 Å². The van der Waals surface area contributed by atoms with Crippen molar-refractivity contribution >= 4 is 64.1 Å². The van der Waals surface area contributed by atoms with Gasteiger partial charge in [0.05, 0.1) is 27.7 Å². The number of thioether (sulfide) groups is 1. The van der Waals surface area contributed by atoms with E-state index in [-0.39, 0.29) is 40.0 Å². The lowest BCUT2D eigenvalue weighted by Gasteiger charge is -2.13. The van der Waals surface area contributed by atoms with Crippen molar-refractivity contribution in [3.63, 3.8) is 0 Å². The van der Waals surface area contributed by atoms with Gasteiger partial charge in [0.15, 0.2) is 12.4 Å². The van der Waals surface area contributed by atoms with Crippen LogP contribution < -0.4 is 4.74 Å². The summed E-state index contributed by atoms with van der Waals surface area (Å²) in [5, 5.41) is -0.367. The van der Waals surface area contributed by atoms with Crippen molar-refractivity contribution in [1.82, 2.24) is 4.90 Å². The number of carbonyl (C=O) groups is 4. The predicted molar refractivity (Wildman–Crippen MR) is 112 cm³/mol. The number of esters is 2. The molecule has 2 amide bonds. The van der Waals surface area contributed by atoms with E-state index in [9.17, 15) is 19.2 Å². The van der Waals surface area contributed by atoms with E-state index < -0.39 is 29.6 Å². The maximum atomic E-state index is 12.5. The summed E-state index contributed by atoms with van der Waals surface area (Å²) >= 11 is 13.0. The summed E-state index contributed by atoms with van der Waals surface area (Å²) in [4.78, 5) is 48.7. The van der Waals surface area contributed by atoms with Crippen LogP contribution in [0.2, 0.25) is 10.0 Å². The summed E-state index contributed by atoms with van der Waals surface area (Å²) in [6.07, 6.45) is 1.06. The van der Waals surface area contributed by atoms with Gasteiger partial charge in [0.2, 0.25) is 0 Å². The molecule has 0 N–H and O–H groups in total. The first-order valence-corrected chi connectivity index (χ1v) is 10.4. The Kier molecular flexibility index (Phi) is 8.57. The van der Waals surface area contributed by atoms with Gasteiger partial charge in [-0.15, -0.1) is 0 Å². The molecule has 1 saturated heterocycles. The lowest BCUT2D eigenvalue weighted by Crippen LogP contribution is -2.35. The highest BCUT2D eigenvalue weighted by Crippen LogP contribution is 2.37. The molecule has 0 spiro atoms. The summed E-state index contributed by atoms with van der Waals surface area (Å²) < 4.78 is 15.0. The highest BCUT2D eigenvalue weighted by molar-refractivity contribution is 8.18. The molecule has 0 aliphatic carbocycles. The van der Waals surface area contributed by atoms with Crippen molar-refractivity contribution in [1.29, 1.82) is 0 Å². The van der Waals surface area contributed by atoms with Gasteiger partial charge in [-0.1, -0.05) is 23.2 Å². The van der Waals surface area contributed by atoms with E-state index in [1.165, 1.54) is 18.2 Å². The number of hydrogen-bond acceptors (Lipinski definition) is 8. The van der Waals surface area contributed by atoms with Crippen LogP contribution in [0.3, 0.4) is 0 Å². The zero-order valence-electron chi connectivity index (χ0n) is 16.4. The SMILES string of the molecule is CCOC(=O)COc1c(Cl)cc(/C=C2\SC(=O)N(CC(=O)OC(C)C)C2=O)cc1Cl. The number of hydrogen-bond donors (Lipinski definition) is 0. The molecular weight excluding hydrogens is 457 g/mol. The molecule has 8 nitrogen and oxygen atoms in total. The second kappa shape index (κ2) is 10.7. The normalized spacial score (nSPS) is 15.1. The largest absolute Gasteiger partial charge is 0.479 e. The van der Waals surface area contributed by atoms with Crippen LogP contribution in [0, 0.1) is 0 Å².